The van der Waals surface area contributed by atoms with Crippen LogP contribution in [0.25, 0.3) is 0 Å². The number of aromatic nitrogens is 2. The van der Waals surface area contributed by atoms with Crippen LogP contribution in [0.2, 0.25) is 5.02 Å². The van der Waals surface area contributed by atoms with Crippen LogP contribution in [0.4, 0.5) is 17.6 Å². The zero-order chi connectivity index (χ0) is 19.3. The van der Waals surface area contributed by atoms with Crippen LogP contribution in [0.1, 0.15) is 23.4 Å². The molecule has 1 heterocycles. The molecule has 142 valence electrons. The van der Waals surface area contributed by atoms with Crippen molar-refractivity contribution in [3.63, 3.8) is 0 Å². The summed E-state index contributed by atoms with van der Waals surface area (Å²) in [6.07, 6.45) is -4.06. The van der Waals surface area contributed by atoms with Crippen molar-refractivity contribution in [1.82, 2.24) is 20.4 Å². The molecule has 10 heteroatoms. The first-order valence-corrected chi connectivity index (χ1v) is 8.53. The Bertz CT molecular complexity index is 759. The van der Waals surface area contributed by atoms with Gasteiger partial charge in [-0.05, 0) is 43.3 Å². The molecule has 0 aliphatic heterocycles. The molecule has 0 unspecified atom stereocenters. The molecule has 0 atom stereocenters. The summed E-state index contributed by atoms with van der Waals surface area (Å²) in [4.78, 5) is 0. The molecular formula is C16H17ClF4N4S. The molecule has 0 fully saturated rings. The summed E-state index contributed by atoms with van der Waals surface area (Å²) in [7, 11) is 0. The van der Waals surface area contributed by atoms with E-state index in [1.165, 1.54) is 23.7 Å². The molecule has 1 aromatic heterocycles. The third kappa shape index (κ3) is 5.57. The van der Waals surface area contributed by atoms with E-state index < -0.39 is 11.9 Å². The molecule has 0 radical (unpaired) electrons. The van der Waals surface area contributed by atoms with E-state index in [4.69, 9.17) is 23.8 Å². The van der Waals surface area contributed by atoms with Gasteiger partial charge in [0, 0.05) is 19.6 Å². The lowest BCUT2D eigenvalue weighted by Gasteiger charge is -2.11. The van der Waals surface area contributed by atoms with Crippen LogP contribution in [0.15, 0.2) is 24.3 Å². The Morgan fingerprint density at radius 3 is 2.46 bits per heavy atom. The van der Waals surface area contributed by atoms with E-state index >= 15 is 0 Å². The highest BCUT2D eigenvalue weighted by molar-refractivity contribution is 7.80. The van der Waals surface area contributed by atoms with Crippen molar-refractivity contribution in [2.75, 3.05) is 6.54 Å². The molecule has 26 heavy (non-hydrogen) atoms. The molecule has 0 aliphatic carbocycles. The molecule has 0 amide bonds. The van der Waals surface area contributed by atoms with Crippen LogP contribution in [0, 0.1) is 12.7 Å². The van der Waals surface area contributed by atoms with Gasteiger partial charge in [-0.2, -0.15) is 18.3 Å². The Morgan fingerprint density at radius 1 is 1.23 bits per heavy atom. The largest absolute Gasteiger partial charge is 0.436 e. The zero-order valence-corrected chi connectivity index (χ0v) is 15.4. The first kappa shape index (κ1) is 20.4. The average molecular weight is 409 g/mol. The van der Waals surface area contributed by atoms with Crippen molar-refractivity contribution in [1.29, 1.82) is 0 Å². The maximum atomic E-state index is 12.8. The summed E-state index contributed by atoms with van der Waals surface area (Å²) in [5.41, 5.74) is 0.0779. The normalized spacial score (nSPS) is 11.5. The van der Waals surface area contributed by atoms with Crippen molar-refractivity contribution in [3.8, 4) is 0 Å². The Hall–Kier alpha value is -1.87. The van der Waals surface area contributed by atoms with Crippen molar-refractivity contribution in [2.45, 2.75) is 32.6 Å². The van der Waals surface area contributed by atoms with Gasteiger partial charge < -0.3 is 10.6 Å². The highest BCUT2D eigenvalue weighted by atomic mass is 35.5. The van der Waals surface area contributed by atoms with Crippen molar-refractivity contribution in [2.24, 2.45) is 0 Å². The SMILES string of the molecule is Cc1c(Cl)c(C(F)(F)F)nn1CCCNC(=S)NCc1ccc(F)cc1. The molecule has 4 nitrogen and oxygen atoms in total. The van der Waals surface area contributed by atoms with E-state index in [1.807, 2.05) is 0 Å². The molecule has 0 bridgehead atoms. The number of hydrogen-bond acceptors (Lipinski definition) is 2. The van der Waals surface area contributed by atoms with Crippen LogP contribution in [0.3, 0.4) is 0 Å². The van der Waals surface area contributed by atoms with Crippen LogP contribution in [-0.2, 0) is 19.3 Å². The Labute approximate surface area is 158 Å². The maximum Gasteiger partial charge on any atom is 0.436 e. The topological polar surface area (TPSA) is 41.9 Å². The second kappa shape index (κ2) is 8.68. The van der Waals surface area contributed by atoms with Crippen LogP contribution >= 0.6 is 23.8 Å². The van der Waals surface area contributed by atoms with Crippen molar-refractivity contribution in [3.05, 3.63) is 52.1 Å². The van der Waals surface area contributed by atoms with E-state index in [0.717, 1.165) is 5.56 Å². The highest BCUT2D eigenvalue weighted by Gasteiger charge is 2.38. The third-order valence-corrected chi connectivity index (χ3v) is 4.34. The third-order valence-electron chi connectivity index (χ3n) is 3.60. The number of rotatable bonds is 6. The number of thiocarbonyl (C=S) groups is 1. The summed E-state index contributed by atoms with van der Waals surface area (Å²) in [5.74, 6) is -0.308. The minimum absolute atomic E-state index is 0.273. The van der Waals surface area contributed by atoms with Crippen molar-refractivity contribution >= 4 is 28.9 Å². The molecule has 0 aliphatic rings. The van der Waals surface area contributed by atoms with Gasteiger partial charge in [-0.3, -0.25) is 4.68 Å². The van der Waals surface area contributed by atoms with Gasteiger partial charge in [0.05, 0.1) is 10.7 Å². The van der Waals surface area contributed by atoms with Crippen LogP contribution in [0.5, 0.6) is 0 Å². The number of nitrogens with zero attached hydrogens (tertiary/aromatic N) is 2. The number of hydrogen-bond donors (Lipinski definition) is 2. The van der Waals surface area contributed by atoms with E-state index in [1.54, 1.807) is 12.1 Å². The van der Waals surface area contributed by atoms with Crippen LogP contribution < -0.4 is 10.6 Å². The summed E-state index contributed by atoms with van der Waals surface area (Å²) < 4.78 is 52.3. The monoisotopic (exact) mass is 408 g/mol. The molecule has 0 saturated heterocycles. The van der Waals surface area contributed by atoms with Crippen molar-refractivity contribution < 1.29 is 17.6 Å². The van der Waals surface area contributed by atoms with E-state index in [0.29, 0.717) is 24.6 Å². The summed E-state index contributed by atoms with van der Waals surface area (Å²) >= 11 is 10.8. The van der Waals surface area contributed by atoms with Gasteiger partial charge >= 0.3 is 6.18 Å². The van der Waals surface area contributed by atoms with Crippen LogP contribution in [-0.4, -0.2) is 21.4 Å². The number of aryl methyl sites for hydroxylation is 1. The number of halogens is 5. The molecule has 1 aromatic carbocycles. The predicted molar refractivity (Wildman–Crippen MR) is 95.4 cm³/mol. The molecular weight excluding hydrogens is 392 g/mol. The predicted octanol–water partition coefficient (Wildman–Crippen LogP) is 4.06. The fraction of sp³-hybridized carbons (Fsp3) is 0.375. The smallest absolute Gasteiger partial charge is 0.363 e. The number of nitrogens with one attached hydrogen (secondary N) is 2. The molecule has 2 aromatic rings. The standard InChI is InChI=1S/C16H17ClF4N4S/c1-10-13(17)14(16(19,20)21)24-25(10)8-2-7-22-15(26)23-9-11-3-5-12(18)6-4-11/h3-6H,2,7-9H2,1H3,(H2,22,23,26). The van der Waals surface area contributed by atoms with E-state index in [9.17, 15) is 17.6 Å². The Balaban J connectivity index is 1.75. The lowest BCUT2D eigenvalue weighted by Crippen LogP contribution is -2.35. The number of alkyl halides is 3. The summed E-state index contributed by atoms with van der Waals surface area (Å²) in [6.45, 7) is 2.66. The first-order chi connectivity index (χ1) is 12.2. The van der Waals surface area contributed by atoms with E-state index in [-0.39, 0.29) is 23.1 Å². The van der Waals surface area contributed by atoms with Gasteiger partial charge in [0.1, 0.15) is 5.82 Å². The fourth-order valence-electron chi connectivity index (χ4n) is 2.20. The highest BCUT2D eigenvalue weighted by Crippen LogP contribution is 2.35. The van der Waals surface area contributed by atoms with Gasteiger partial charge in [0.25, 0.3) is 0 Å². The number of benzene rings is 1. The first-order valence-electron chi connectivity index (χ1n) is 7.74. The second-order valence-corrected chi connectivity index (χ2v) is 6.34. The van der Waals surface area contributed by atoms with E-state index in [2.05, 4.69) is 15.7 Å². The minimum Gasteiger partial charge on any atom is -0.363 e. The maximum absolute atomic E-state index is 12.8. The lowest BCUT2D eigenvalue weighted by molar-refractivity contribution is -0.141. The molecule has 2 rings (SSSR count). The second-order valence-electron chi connectivity index (χ2n) is 5.56. The molecule has 2 N–H and O–H groups in total. The summed E-state index contributed by atoms with van der Waals surface area (Å²) in [5, 5.41) is 9.49. The van der Waals surface area contributed by atoms with Gasteiger partial charge in [0.15, 0.2) is 10.8 Å². The molecule has 0 saturated carbocycles. The quantitative estimate of drug-likeness (QED) is 0.430. The Morgan fingerprint density at radius 2 is 1.88 bits per heavy atom. The Kier molecular flexibility index (Phi) is 6.82. The van der Waals surface area contributed by atoms with Gasteiger partial charge in [-0.15, -0.1) is 0 Å². The molecule has 0 spiro atoms. The minimum atomic E-state index is -4.57. The average Bonchev–Trinajstić information content (AvgIpc) is 2.86. The van der Waals surface area contributed by atoms with Gasteiger partial charge in [-0.25, -0.2) is 4.39 Å². The summed E-state index contributed by atoms with van der Waals surface area (Å²) in [6, 6.07) is 6.02. The zero-order valence-electron chi connectivity index (χ0n) is 13.8. The van der Waals surface area contributed by atoms with Gasteiger partial charge in [0.2, 0.25) is 0 Å². The fourth-order valence-corrected chi connectivity index (χ4v) is 2.62. The lowest BCUT2D eigenvalue weighted by atomic mass is 10.2. The van der Waals surface area contributed by atoms with Gasteiger partial charge in [-0.1, -0.05) is 23.7 Å².